The minimum atomic E-state index is -0.864. The molecule has 2 aromatic rings. The zero-order valence-corrected chi connectivity index (χ0v) is 20.2. The third kappa shape index (κ3) is 4.05. The van der Waals surface area contributed by atoms with Crippen molar-refractivity contribution in [1.29, 1.82) is 0 Å². The maximum atomic E-state index is 13.2. The molecular weight excluding hydrogens is 461 g/mol. The van der Waals surface area contributed by atoms with E-state index in [2.05, 4.69) is 37.1 Å². The molecule has 2 heterocycles. The fourth-order valence-electron chi connectivity index (χ4n) is 4.47. The summed E-state index contributed by atoms with van der Waals surface area (Å²) in [5.74, 6) is -1.51. The number of benzene rings is 2. The van der Waals surface area contributed by atoms with Crippen LogP contribution in [0, 0.1) is 0 Å². The van der Waals surface area contributed by atoms with E-state index in [0.717, 1.165) is 28.3 Å². The normalized spacial score (nSPS) is 18.9. The van der Waals surface area contributed by atoms with Crippen LogP contribution in [0.25, 0.3) is 11.6 Å². The van der Waals surface area contributed by atoms with Gasteiger partial charge in [-0.05, 0) is 75.2 Å². The molecular formula is C25H23Cl2N3O3. The summed E-state index contributed by atoms with van der Waals surface area (Å²) in [6.07, 6.45) is 3.70. The van der Waals surface area contributed by atoms with Crippen LogP contribution >= 0.6 is 23.2 Å². The summed E-state index contributed by atoms with van der Waals surface area (Å²) in [6.45, 7) is 9.32. The second-order valence-corrected chi connectivity index (χ2v) is 9.40. The maximum Gasteiger partial charge on any atom is 0.335 e. The van der Waals surface area contributed by atoms with Crippen molar-refractivity contribution < 1.29 is 14.4 Å². The van der Waals surface area contributed by atoms with Crippen LogP contribution in [0.5, 0.6) is 0 Å². The van der Waals surface area contributed by atoms with Gasteiger partial charge >= 0.3 is 6.03 Å². The number of anilines is 2. The van der Waals surface area contributed by atoms with E-state index in [4.69, 9.17) is 23.2 Å². The summed E-state index contributed by atoms with van der Waals surface area (Å²) >= 11 is 12.1. The van der Waals surface area contributed by atoms with Crippen LogP contribution in [0.15, 0.2) is 48.0 Å². The van der Waals surface area contributed by atoms with Gasteiger partial charge in [0.1, 0.15) is 5.57 Å². The molecule has 4 amide bonds. The number of carbonyl (C=O) groups is 3. The topological polar surface area (TPSA) is 69.7 Å². The van der Waals surface area contributed by atoms with E-state index in [9.17, 15) is 14.4 Å². The lowest BCUT2D eigenvalue weighted by Gasteiger charge is -2.42. The fourth-order valence-corrected chi connectivity index (χ4v) is 4.97. The Morgan fingerprint density at radius 1 is 1.03 bits per heavy atom. The lowest BCUT2D eigenvalue weighted by Crippen LogP contribution is -2.54. The number of carbonyl (C=O) groups excluding carboxylic acids is 3. The molecule has 2 aliphatic heterocycles. The van der Waals surface area contributed by atoms with Crippen LogP contribution in [-0.2, 0) is 9.59 Å². The Kier molecular flexibility index (Phi) is 5.85. The van der Waals surface area contributed by atoms with Crippen molar-refractivity contribution in [3.63, 3.8) is 0 Å². The maximum absolute atomic E-state index is 13.2. The molecule has 4 rings (SSSR count). The number of urea groups is 1. The smallest absolute Gasteiger partial charge is 0.335 e. The first-order chi connectivity index (χ1) is 15.5. The van der Waals surface area contributed by atoms with Gasteiger partial charge in [-0.3, -0.25) is 14.9 Å². The summed E-state index contributed by atoms with van der Waals surface area (Å²) in [5.41, 5.74) is 3.77. The van der Waals surface area contributed by atoms with E-state index in [0.29, 0.717) is 10.6 Å². The Hall–Kier alpha value is -3.09. The number of halogens is 2. The monoisotopic (exact) mass is 483 g/mol. The summed E-state index contributed by atoms with van der Waals surface area (Å²) in [4.78, 5) is 41.3. The highest BCUT2D eigenvalue weighted by Gasteiger charge is 2.38. The summed E-state index contributed by atoms with van der Waals surface area (Å²) in [7, 11) is 0. The van der Waals surface area contributed by atoms with Crippen LogP contribution in [-0.4, -0.2) is 29.9 Å². The number of hydrogen-bond acceptors (Lipinski definition) is 4. The first-order valence-electron chi connectivity index (χ1n) is 10.5. The van der Waals surface area contributed by atoms with Gasteiger partial charge in [0, 0.05) is 22.8 Å². The minimum absolute atomic E-state index is 0.121. The Balaban J connectivity index is 1.76. The van der Waals surface area contributed by atoms with Gasteiger partial charge in [-0.25, -0.2) is 9.69 Å². The van der Waals surface area contributed by atoms with Crippen molar-refractivity contribution in [2.24, 2.45) is 0 Å². The lowest BCUT2D eigenvalue weighted by molar-refractivity contribution is -0.122. The molecule has 0 unspecified atom stereocenters. The van der Waals surface area contributed by atoms with Crippen molar-refractivity contribution in [1.82, 2.24) is 5.32 Å². The number of amides is 4. The first-order valence-corrected chi connectivity index (χ1v) is 11.3. The van der Waals surface area contributed by atoms with E-state index in [-0.39, 0.29) is 21.8 Å². The van der Waals surface area contributed by atoms with Crippen molar-refractivity contribution in [2.75, 3.05) is 16.3 Å². The second kappa shape index (κ2) is 8.36. The molecule has 0 saturated carbocycles. The van der Waals surface area contributed by atoms with Crippen LogP contribution in [0.2, 0.25) is 10.0 Å². The number of nitrogens with zero attached hydrogens (tertiary/aromatic N) is 2. The van der Waals surface area contributed by atoms with Gasteiger partial charge in [0.25, 0.3) is 11.8 Å². The van der Waals surface area contributed by atoms with Crippen LogP contribution < -0.4 is 15.1 Å². The molecule has 0 bridgehead atoms. The van der Waals surface area contributed by atoms with Crippen molar-refractivity contribution >= 4 is 64.1 Å². The van der Waals surface area contributed by atoms with Gasteiger partial charge in [0.05, 0.1) is 16.2 Å². The molecule has 0 atom stereocenters. The summed E-state index contributed by atoms with van der Waals surface area (Å²) in [5, 5.41) is 2.70. The van der Waals surface area contributed by atoms with E-state index in [1.165, 1.54) is 24.3 Å². The molecule has 1 saturated heterocycles. The van der Waals surface area contributed by atoms with Crippen molar-refractivity contribution in [3.8, 4) is 0 Å². The van der Waals surface area contributed by atoms with E-state index in [1.807, 2.05) is 25.1 Å². The Labute approximate surface area is 202 Å². The number of barbiturate groups is 1. The number of fused-ring (bicyclic) bond motifs is 1. The molecule has 170 valence electrons. The molecule has 0 radical (unpaired) electrons. The standard InChI is InChI=1S/C25H23Cl2N3O3/c1-5-29-20-8-6-15(10-17(20)14(2)13-25(29,3)4)11-18-22(31)28-24(33)30(23(18)32)21-9-7-16(26)12-19(21)27/h6-13H,5H2,1-4H3,(H,28,31,33)/b18-11+. The van der Waals surface area contributed by atoms with Gasteiger partial charge in [-0.1, -0.05) is 35.3 Å². The number of allylic oxidation sites excluding steroid dienone is 1. The molecule has 0 aromatic heterocycles. The Morgan fingerprint density at radius 3 is 2.39 bits per heavy atom. The average Bonchev–Trinajstić information content (AvgIpc) is 2.72. The number of nitrogens with one attached hydrogen (secondary N) is 1. The number of imide groups is 2. The Bertz CT molecular complexity index is 1260. The lowest BCUT2D eigenvalue weighted by atomic mass is 9.88. The van der Waals surface area contributed by atoms with Gasteiger partial charge in [-0.2, -0.15) is 0 Å². The molecule has 6 nitrogen and oxygen atoms in total. The van der Waals surface area contributed by atoms with Crippen LogP contribution in [0.4, 0.5) is 16.2 Å². The molecule has 33 heavy (non-hydrogen) atoms. The SMILES string of the molecule is CCN1c2ccc(/C=C3\C(=O)NC(=O)N(c4ccc(Cl)cc4Cl)C3=O)cc2C(C)=CC1(C)C. The second-order valence-electron chi connectivity index (χ2n) is 8.56. The van der Waals surface area contributed by atoms with Gasteiger partial charge in [-0.15, -0.1) is 0 Å². The number of likely N-dealkylation sites (N-methyl/N-ethyl adjacent to an activating group) is 1. The van der Waals surface area contributed by atoms with E-state index < -0.39 is 17.8 Å². The zero-order valence-electron chi connectivity index (χ0n) is 18.7. The van der Waals surface area contributed by atoms with Gasteiger partial charge in [0.15, 0.2) is 0 Å². The molecule has 2 aliphatic rings. The predicted molar refractivity (Wildman–Crippen MR) is 133 cm³/mol. The zero-order chi connectivity index (χ0) is 24.1. The van der Waals surface area contributed by atoms with Gasteiger partial charge in [0.2, 0.25) is 0 Å². The van der Waals surface area contributed by atoms with Crippen LogP contribution in [0.1, 0.15) is 38.8 Å². The quantitative estimate of drug-likeness (QED) is 0.450. The van der Waals surface area contributed by atoms with Crippen LogP contribution in [0.3, 0.4) is 0 Å². The third-order valence-corrected chi connectivity index (χ3v) is 6.42. The molecule has 8 heteroatoms. The fraction of sp³-hybridized carbons (Fsp3) is 0.240. The molecule has 2 aromatic carbocycles. The van der Waals surface area contributed by atoms with E-state index >= 15 is 0 Å². The largest absolute Gasteiger partial charge is 0.363 e. The highest BCUT2D eigenvalue weighted by atomic mass is 35.5. The number of rotatable bonds is 3. The molecule has 1 N–H and O–H groups in total. The molecule has 0 aliphatic carbocycles. The molecule has 1 fully saturated rings. The highest BCUT2D eigenvalue weighted by Crippen LogP contribution is 2.39. The predicted octanol–water partition coefficient (Wildman–Crippen LogP) is 5.68. The summed E-state index contributed by atoms with van der Waals surface area (Å²) < 4.78 is 0. The van der Waals surface area contributed by atoms with Crippen molar-refractivity contribution in [3.05, 3.63) is 69.2 Å². The average molecular weight is 484 g/mol. The van der Waals surface area contributed by atoms with E-state index in [1.54, 1.807) is 0 Å². The summed E-state index contributed by atoms with van der Waals surface area (Å²) in [6, 6.07) is 9.34. The highest BCUT2D eigenvalue weighted by molar-refractivity contribution is 6.42. The van der Waals surface area contributed by atoms with Gasteiger partial charge < -0.3 is 4.90 Å². The van der Waals surface area contributed by atoms with Crippen molar-refractivity contribution in [2.45, 2.75) is 33.2 Å². The molecule has 0 spiro atoms. The third-order valence-electron chi connectivity index (χ3n) is 5.88. The first kappa shape index (κ1) is 23.1. The number of hydrogen-bond donors (Lipinski definition) is 1. The Morgan fingerprint density at radius 2 is 1.73 bits per heavy atom. The minimum Gasteiger partial charge on any atom is -0.363 e.